The summed E-state index contributed by atoms with van der Waals surface area (Å²) >= 11 is 0. The fourth-order valence-corrected chi connectivity index (χ4v) is 2.56. The zero-order valence-corrected chi connectivity index (χ0v) is 13.3. The van der Waals surface area contributed by atoms with Gasteiger partial charge >= 0.3 is 0 Å². The molecule has 1 heterocycles. The molecule has 0 radical (unpaired) electrons. The van der Waals surface area contributed by atoms with Crippen molar-refractivity contribution in [2.75, 3.05) is 6.54 Å². The number of aromatic nitrogens is 2. The molecule has 110 valence electrons. The van der Waals surface area contributed by atoms with Crippen molar-refractivity contribution >= 4 is 0 Å². The van der Waals surface area contributed by atoms with Crippen molar-refractivity contribution in [3.05, 3.63) is 17.0 Å². The fraction of sp³-hybridized carbons (Fsp3) is 0.812. The van der Waals surface area contributed by atoms with Crippen molar-refractivity contribution in [1.29, 1.82) is 0 Å². The van der Waals surface area contributed by atoms with Gasteiger partial charge in [0.1, 0.15) is 0 Å². The minimum atomic E-state index is 0.980. The van der Waals surface area contributed by atoms with Gasteiger partial charge in [-0.1, -0.05) is 40.5 Å². The van der Waals surface area contributed by atoms with Crippen LogP contribution in [0.5, 0.6) is 0 Å². The highest BCUT2D eigenvalue weighted by molar-refractivity contribution is 5.26. The highest BCUT2D eigenvalue weighted by atomic mass is 15.3. The van der Waals surface area contributed by atoms with Crippen LogP contribution in [0.2, 0.25) is 0 Å². The fourth-order valence-electron chi connectivity index (χ4n) is 2.56. The van der Waals surface area contributed by atoms with E-state index >= 15 is 0 Å². The number of rotatable bonds is 10. The lowest BCUT2D eigenvalue weighted by atomic mass is 10.1. The van der Waals surface area contributed by atoms with Crippen LogP contribution in [-0.2, 0) is 25.9 Å². The van der Waals surface area contributed by atoms with E-state index in [4.69, 9.17) is 5.10 Å². The predicted octanol–water partition coefficient (Wildman–Crippen LogP) is 3.70. The summed E-state index contributed by atoms with van der Waals surface area (Å²) in [6.45, 7) is 12.1. The SMILES string of the molecule is CCCCCn1nc(CC)c(CNCCC)c1CC. The molecule has 0 spiro atoms. The summed E-state index contributed by atoms with van der Waals surface area (Å²) in [6.07, 6.45) is 7.13. The molecule has 1 aromatic heterocycles. The van der Waals surface area contributed by atoms with Crippen molar-refractivity contribution < 1.29 is 0 Å². The normalized spacial score (nSPS) is 11.2. The molecule has 0 bridgehead atoms. The average Bonchev–Trinajstić information content (AvgIpc) is 2.76. The number of hydrogen-bond acceptors (Lipinski definition) is 2. The van der Waals surface area contributed by atoms with E-state index in [-0.39, 0.29) is 0 Å². The zero-order valence-electron chi connectivity index (χ0n) is 13.3. The maximum atomic E-state index is 4.83. The molecule has 0 unspecified atom stereocenters. The van der Waals surface area contributed by atoms with Crippen molar-refractivity contribution in [3.8, 4) is 0 Å². The Hall–Kier alpha value is -0.830. The van der Waals surface area contributed by atoms with Gasteiger partial charge in [-0.25, -0.2) is 0 Å². The van der Waals surface area contributed by atoms with Crippen LogP contribution >= 0.6 is 0 Å². The Morgan fingerprint density at radius 2 is 1.79 bits per heavy atom. The lowest BCUT2D eigenvalue weighted by molar-refractivity contribution is 0.530. The van der Waals surface area contributed by atoms with Crippen LogP contribution in [0.25, 0.3) is 0 Å². The molecule has 0 aliphatic carbocycles. The third kappa shape index (κ3) is 4.64. The van der Waals surface area contributed by atoms with Gasteiger partial charge in [-0.05, 0) is 32.2 Å². The largest absolute Gasteiger partial charge is 0.313 e. The van der Waals surface area contributed by atoms with Crippen LogP contribution in [0.4, 0.5) is 0 Å². The summed E-state index contributed by atoms with van der Waals surface area (Å²) in [6, 6.07) is 0. The molecule has 1 aromatic rings. The van der Waals surface area contributed by atoms with Gasteiger partial charge in [0.05, 0.1) is 5.69 Å². The number of aryl methyl sites for hydroxylation is 2. The Morgan fingerprint density at radius 1 is 1.00 bits per heavy atom. The molecule has 1 N–H and O–H groups in total. The summed E-state index contributed by atoms with van der Waals surface area (Å²) in [5.41, 5.74) is 4.18. The zero-order chi connectivity index (χ0) is 14.1. The van der Waals surface area contributed by atoms with Gasteiger partial charge < -0.3 is 5.32 Å². The lowest BCUT2D eigenvalue weighted by Gasteiger charge is -2.08. The molecule has 0 saturated carbocycles. The quantitative estimate of drug-likeness (QED) is 0.654. The predicted molar refractivity (Wildman–Crippen MR) is 82.5 cm³/mol. The first-order valence-electron chi connectivity index (χ1n) is 8.06. The average molecular weight is 265 g/mol. The second-order valence-electron chi connectivity index (χ2n) is 5.19. The summed E-state index contributed by atoms with van der Waals surface area (Å²) < 4.78 is 2.26. The molecule has 3 heteroatoms. The first-order valence-corrected chi connectivity index (χ1v) is 8.06. The summed E-state index contributed by atoms with van der Waals surface area (Å²) in [7, 11) is 0. The van der Waals surface area contributed by atoms with Gasteiger partial charge in [-0.3, -0.25) is 4.68 Å². The standard InChI is InChI=1S/C16H31N3/c1-5-9-10-12-19-16(8-4)14(13-17-11-6-2)15(7-3)18-19/h17H,5-13H2,1-4H3. The van der Waals surface area contributed by atoms with Gasteiger partial charge in [0.15, 0.2) is 0 Å². The minimum Gasteiger partial charge on any atom is -0.313 e. The van der Waals surface area contributed by atoms with Crippen LogP contribution < -0.4 is 5.32 Å². The van der Waals surface area contributed by atoms with Gasteiger partial charge in [-0.15, -0.1) is 0 Å². The Morgan fingerprint density at radius 3 is 2.37 bits per heavy atom. The molecule has 0 aliphatic rings. The number of hydrogen-bond donors (Lipinski definition) is 1. The molecule has 0 amide bonds. The molecule has 0 aromatic carbocycles. The molecular formula is C16H31N3. The molecule has 0 saturated heterocycles. The molecule has 1 rings (SSSR count). The first-order chi connectivity index (χ1) is 9.28. The topological polar surface area (TPSA) is 29.9 Å². The van der Waals surface area contributed by atoms with E-state index in [1.54, 1.807) is 0 Å². The van der Waals surface area contributed by atoms with E-state index in [2.05, 4.69) is 37.7 Å². The Kier molecular flexibility index (Phi) is 7.80. The van der Waals surface area contributed by atoms with Crippen LogP contribution in [-0.4, -0.2) is 16.3 Å². The van der Waals surface area contributed by atoms with Gasteiger partial charge in [-0.2, -0.15) is 5.10 Å². The van der Waals surface area contributed by atoms with E-state index < -0.39 is 0 Å². The van der Waals surface area contributed by atoms with Crippen molar-refractivity contribution in [2.24, 2.45) is 0 Å². The smallest absolute Gasteiger partial charge is 0.0669 e. The summed E-state index contributed by atoms with van der Waals surface area (Å²) in [5, 5.41) is 8.35. The van der Waals surface area contributed by atoms with Gasteiger partial charge in [0, 0.05) is 24.3 Å². The molecule has 3 nitrogen and oxygen atoms in total. The Labute approximate surface area is 118 Å². The van der Waals surface area contributed by atoms with Crippen molar-refractivity contribution in [1.82, 2.24) is 15.1 Å². The van der Waals surface area contributed by atoms with Crippen LogP contribution in [0.15, 0.2) is 0 Å². The maximum Gasteiger partial charge on any atom is 0.0669 e. The molecule has 0 atom stereocenters. The van der Waals surface area contributed by atoms with Crippen LogP contribution in [0.3, 0.4) is 0 Å². The first kappa shape index (κ1) is 16.2. The lowest BCUT2D eigenvalue weighted by Crippen LogP contribution is -2.16. The highest BCUT2D eigenvalue weighted by Gasteiger charge is 2.14. The Bertz CT molecular complexity index is 355. The third-order valence-corrected chi connectivity index (χ3v) is 3.62. The summed E-state index contributed by atoms with van der Waals surface area (Å²) in [5.74, 6) is 0. The van der Waals surface area contributed by atoms with Gasteiger partial charge in [0.25, 0.3) is 0 Å². The molecule has 0 aliphatic heterocycles. The number of nitrogens with zero attached hydrogens (tertiary/aromatic N) is 2. The van der Waals surface area contributed by atoms with Crippen molar-refractivity contribution in [3.63, 3.8) is 0 Å². The van der Waals surface area contributed by atoms with E-state index in [1.165, 1.54) is 42.6 Å². The second kappa shape index (κ2) is 9.13. The van der Waals surface area contributed by atoms with E-state index in [1.807, 2.05) is 0 Å². The molecule has 19 heavy (non-hydrogen) atoms. The van der Waals surface area contributed by atoms with E-state index in [0.29, 0.717) is 0 Å². The van der Waals surface area contributed by atoms with Crippen LogP contribution in [0, 0.1) is 0 Å². The van der Waals surface area contributed by atoms with Crippen molar-refractivity contribution in [2.45, 2.75) is 79.3 Å². The van der Waals surface area contributed by atoms with E-state index in [9.17, 15) is 0 Å². The summed E-state index contributed by atoms with van der Waals surface area (Å²) in [4.78, 5) is 0. The van der Waals surface area contributed by atoms with E-state index in [0.717, 1.165) is 32.5 Å². The number of unbranched alkanes of at least 4 members (excludes halogenated alkanes) is 2. The second-order valence-corrected chi connectivity index (χ2v) is 5.19. The monoisotopic (exact) mass is 265 g/mol. The third-order valence-electron chi connectivity index (χ3n) is 3.62. The van der Waals surface area contributed by atoms with Crippen LogP contribution in [0.1, 0.15) is 70.3 Å². The molecule has 0 fully saturated rings. The number of nitrogens with one attached hydrogen (secondary N) is 1. The Balaban J connectivity index is 2.80. The molecular weight excluding hydrogens is 234 g/mol. The van der Waals surface area contributed by atoms with Gasteiger partial charge in [0.2, 0.25) is 0 Å². The highest BCUT2D eigenvalue weighted by Crippen LogP contribution is 2.17. The maximum absolute atomic E-state index is 4.83. The minimum absolute atomic E-state index is 0.980.